The van der Waals surface area contributed by atoms with Crippen molar-refractivity contribution in [3.8, 4) is 16.3 Å². The summed E-state index contributed by atoms with van der Waals surface area (Å²) < 4.78 is 11.1. The molecule has 0 spiro atoms. The predicted octanol–water partition coefficient (Wildman–Crippen LogP) is 3.77. The standard InChI is InChI=1S/C19H19NO3S/c21-17(13-22-12-15-4-2-1-3-5-15)14-23-18-8-6-16(7-9-18)19-20-10-11-24-19/h1-11,17,21H,12-14H2/t17-/m0/s1. The van der Waals surface area contributed by atoms with Crippen molar-refractivity contribution in [2.75, 3.05) is 13.2 Å². The van der Waals surface area contributed by atoms with Crippen molar-refractivity contribution in [2.45, 2.75) is 12.7 Å². The molecular formula is C19H19NO3S. The molecule has 0 bridgehead atoms. The van der Waals surface area contributed by atoms with Crippen LogP contribution in [0.25, 0.3) is 10.6 Å². The molecule has 24 heavy (non-hydrogen) atoms. The summed E-state index contributed by atoms with van der Waals surface area (Å²) in [5.41, 5.74) is 2.15. The lowest BCUT2D eigenvalue weighted by Crippen LogP contribution is -2.23. The van der Waals surface area contributed by atoms with Crippen molar-refractivity contribution in [3.63, 3.8) is 0 Å². The van der Waals surface area contributed by atoms with Gasteiger partial charge in [-0.1, -0.05) is 30.3 Å². The van der Waals surface area contributed by atoms with Crippen molar-refractivity contribution in [2.24, 2.45) is 0 Å². The molecule has 0 amide bonds. The van der Waals surface area contributed by atoms with E-state index in [2.05, 4.69) is 4.98 Å². The zero-order chi connectivity index (χ0) is 16.6. The average Bonchev–Trinajstić information content (AvgIpc) is 3.16. The van der Waals surface area contributed by atoms with Crippen molar-refractivity contribution in [1.29, 1.82) is 0 Å². The normalized spacial score (nSPS) is 12.0. The molecule has 124 valence electrons. The van der Waals surface area contributed by atoms with E-state index in [9.17, 15) is 5.11 Å². The summed E-state index contributed by atoms with van der Waals surface area (Å²) in [7, 11) is 0. The zero-order valence-electron chi connectivity index (χ0n) is 13.2. The summed E-state index contributed by atoms with van der Waals surface area (Å²) in [5.74, 6) is 0.720. The molecule has 5 heteroatoms. The third-order valence-electron chi connectivity index (χ3n) is 3.40. The fourth-order valence-electron chi connectivity index (χ4n) is 2.19. The number of nitrogens with zero attached hydrogens (tertiary/aromatic N) is 1. The van der Waals surface area contributed by atoms with E-state index in [1.54, 1.807) is 17.5 Å². The number of hydrogen-bond donors (Lipinski definition) is 1. The molecule has 1 aromatic heterocycles. The van der Waals surface area contributed by atoms with Crippen molar-refractivity contribution in [1.82, 2.24) is 4.98 Å². The van der Waals surface area contributed by atoms with Gasteiger partial charge in [0.1, 0.15) is 23.5 Å². The molecule has 0 radical (unpaired) electrons. The van der Waals surface area contributed by atoms with E-state index in [0.29, 0.717) is 6.61 Å². The summed E-state index contributed by atoms with van der Waals surface area (Å²) in [6.07, 6.45) is 1.13. The topological polar surface area (TPSA) is 51.6 Å². The lowest BCUT2D eigenvalue weighted by molar-refractivity contribution is 0.00549. The number of aliphatic hydroxyl groups is 1. The van der Waals surface area contributed by atoms with Crippen LogP contribution in [0, 0.1) is 0 Å². The highest BCUT2D eigenvalue weighted by Crippen LogP contribution is 2.24. The maximum atomic E-state index is 9.93. The number of benzene rings is 2. The summed E-state index contributed by atoms with van der Waals surface area (Å²) >= 11 is 1.60. The Balaban J connectivity index is 1.40. The second-order valence-corrected chi connectivity index (χ2v) is 6.22. The minimum absolute atomic E-state index is 0.200. The van der Waals surface area contributed by atoms with Crippen LogP contribution >= 0.6 is 11.3 Å². The van der Waals surface area contributed by atoms with Gasteiger partial charge < -0.3 is 14.6 Å². The van der Waals surface area contributed by atoms with E-state index < -0.39 is 6.10 Å². The number of aromatic nitrogens is 1. The Bertz CT molecular complexity index is 714. The van der Waals surface area contributed by atoms with E-state index in [-0.39, 0.29) is 13.2 Å². The van der Waals surface area contributed by atoms with Crippen LogP contribution < -0.4 is 4.74 Å². The molecule has 0 saturated carbocycles. The Morgan fingerprint density at radius 2 is 1.79 bits per heavy atom. The largest absolute Gasteiger partial charge is 0.491 e. The fraction of sp³-hybridized carbons (Fsp3) is 0.211. The van der Waals surface area contributed by atoms with Crippen molar-refractivity contribution >= 4 is 11.3 Å². The number of thiazole rings is 1. The molecular weight excluding hydrogens is 322 g/mol. The highest BCUT2D eigenvalue weighted by Gasteiger charge is 2.07. The quantitative estimate of drug-likeness (QED) is 0.678. The number of ether oxygens (including phenoxy) is 2. The van der Waals surface area contributed by atoms with Crippen LogP contribution in [-0.2, 0) is 11.3 Å². The Morgan fingerprint density at radius 3 is 2.50 bits per heavy atom. The second kappa shape index (κ2) is 8.59. The molecule has 3 rings (SSSR count). The summed E-state index contributed by atoms with van der Waals surface area (Å²) in [5, 5.41) is 12.9. The summed E-state index contributed by atoms with van der Waals surface area (Å²) in [6.45, 7) is 0.928. The van der Waals surface area contributed by atoms with Crippen LogP contribution in [0.2, 0.25) is 0 Å². The van der Waals surface area contributed by atoms with E-state index >= 15 is 0 Å². The first-order valence-corrected chi connectivity index (χ1v) is 8.62. The average molecular weight is 341 g/mol. The maximum absolute atomic E-state index is 9.93. The molecule has 3 aromatic rings. The zero-order valence-corrected chi connectivity index (χ0v) is 14.0. The van der Waals surface area contributed by atoms with Crippen molar-refractivity contribution in [3.05, 3.63) is 71.7 Å². The predicted molar refractivity (Wildman–Crippen MR) is 95.1 cm³/mol. The Hall–Kier alpha value is -2.21. The molecule has 0 saturated heterocycles. The first-order valence-electron chi connectivity index (χ1n) is 7.74. The SMILES string of the molecule is O[C@@H](COCc1ccccc1)COc1ccc(-c2nccs2)cc1. The monoisotopic (exact) mass is 341 g/mol. The van der Waals surface area contributed by atoms with Gasteiger partial charge in [-0.2, -0.15) is 0 Å². The molecule has 0 aliphatic carbocycles. The van der Waals surface area contributed by atoms with E-state index in [1.807, 2.05) is 60.0 Å². The number of rotatable bonds is 8. The van der Waals surface area contributed by atoms with Gasteiger partial charge in [0.2, 0.25) is 0 Å². The molecule has 0 unspecified atom stereocenters. The minimum atomic E-state index is -0.660. The van der Waals surface area contributed by atoms with E-state index in [1.165, 1.54) is 0 Å². The molecule has 0 aliphatic heterocycles. The second-order valence-electron chi connectivity index (χ2n) is 5.33. The van der Waals surface area contributed by atoms with Gasteiger partial charge >= 0.3 is 0 Å². The van der Waals surface area contributed by atoms with Crippen LogP contribution in [0.4, 0.5) is 0 Å². The van der Waals surface area contributed by atoms with Crippen LogP contribution in [-0.4, -0.2) is 29.4 Å². The molecule has 0 aliphatic rings. The first kappa shape index (κ1) is 16.6. The molecule has 2 aromatic carbocycles. The molecule has 4 nitrogen and oxygen atoms in total. The van der Waals surface area contributed by atoms with Gasteiger partial charge in [0, 0.05) is 17.1 Å². The molecule has 0 fully saturated rings. The Labute approximate surface area is 145 Å². The van der Waals surface area contributed by atoms with Crippen LogP contribution in [0.3, 0.4) is 0 Å². The van der Waals surface area contributed by atoms with Crippen LogP contribution in [0.5, 0.6) is 5.75 Å². The summed E-state index contributed by atoms with van der Waals surface area (Å²) in [6, 6.07) is 17.6. The third kappa shape index (κ3) is 4.89. The highest BCUT2D eigenvalue weighted by atomic mass is 32.1. The van der Waals surface area contributed by atoms with Gasteiger partial charge in [0.25, 0.3) is 0 Å². The lowest BCUT2D eigenvalue weighted by Gasteiger charge is -2.13. The van der Waals surface area contributed by atoms with Crippen molar-refractivity contribution < 1.29 is 14.6 Å². The lowest BCUT2D eigenvalue weighted by atomic mass is 10.2. The van der Waals surface area contributed by atoms with Gasteiger partial charge in [0.15, 0.2) is 0 Å². The number of aliphatic hydroxyl groups excluding tert-OH is 1. The van der Waals surface area contributed by atoms with Gasteiger partial charge in [-0.05, 0) is 29.8 Å². The van der Waals surface area contributed by atoms with Gasteiger partial charge in [0.05, 0.1) is 13.2 Å². The van der Waals surface area contributed by atoms with Crippen LogP contribution in [0.15, 0.2) is 66.2 Å². The molecule has 1 N–H and O–H groups in total. The maximum Gasteiger partial charge on any atom is 0.123 e. The Kier molecular flexibility index (Phi) is 5.96. The molecule has 1 atom stereocenters. The number of hydrogen-bond acceptors (Lipinski definition) is 5. The van der Waals surface area contributed by atoms with Gasteiger partial charge in [-0.3, -0.25) is 0 Å². The van der Waals surface area contributed by atoms with E-state index in [0.717, 1.165) is 21.9 Å². The molecule has 1 heterocycles. The van der Waals surface area contributed by atoms with Gasteiger partial charge in [-0.15, -0.1) is 11.3 Å². The smallest absolute Gasteiger partial charge is 0.123 e. The van der Waals surface area contributed by atoms with Crippen LogP contribution in [0.1, 0.15) is 5.56 Å². The Morgan fingerprint density at radius 1 is 1.00 bits per heavy atom. The van der Waals surface area contributed by atoms with E-state index in [4.69, 9.17) is 9.47 Å². The fourth-order valence-corrected chi connectivity index (χ4v) is 2.83. The highest BCUT2D eigenvalue weighted by molar-refractivity contribution is 7.13. The first-order chi connectivity index (χ1) is 11.8. The van der Waals surface area contributed by atoms with Gasteiger partial charge in [-0.25, -0.2) is 4.98 Å². The minimum Gasteiger partial charge on any atom is -0.491 e. The summed E-state index contributed by atoms with van der Waals surface area (Å²) in [4.78, 5) is 4.27. The third-order valence-corrected chi connectivity index (χ3v) is 4.22.